The number of rotatable bonds is 10. The number of esters is 1. The van der Waals surface area contributed by atoms with E-state index in [4.69, 9.17) is 14.5 Å². The van der Waals surface area contributed by atoms with E-state index in [1.54, 1.807) is 50.4 Å². The number of hydrogen-bond donors (Lipinski definition) is 0. The largest absolute Gasteiger partial charge is 0.497 e. The van der Waals surface area contributed by atoms with Crippen molar-refractivity contribution in [3.05, 3.63) is 112 Å². The lowest BCUT2D eigenvalue weighted by Crippen LogP contribution is -2.40. The fourth-order valence-electron chi connectivity index (χ4n) is 5.09. The molecule has 45 heavy (non-hydrogen) atoms. The van der Waals surface area contributed by atoms with Gasteiger partial charge in [0, 0.05) is 17.5 Å². The Hall–Kier alpha value is -4.62. The van der Waals surface area contributed by atoms with Crippen molar-refractivity contribution in [1.82, 2.24) is 14.5 Å². The maximum atomic E-state index is 14.1. The summed E-state index contributed by atoms with van der Waals surface area (Å²) in [5.41, 5.74) is 3.01. The van der Waals surface area contributed by atoms with Crippen LogP contribution in [-0.2, 0) is 9.53 Å². The van der Waals surface area contributed by atoms with Crippen LogP contribution in [0.2, 0.25) is 0 Å². The predicted octanol–water partition coefficient (Wildman–Crippen LogP) is 5.05. The highest BCUT2D eigenvalue weighted by molar-refractivity contribution is 7.99. The molecule has 2 aromatic heterocycles. The summed E-state index contributed by atoms with van der Waals surface area (Å²) in [5, 5.41) is 12.5. The number of methoxy groups -OCH3 is 1. The molecule has 5 rings (SSSR count). The number of hydrogen-bond acceptors (Lipinski definition) is 11. The number of nitro benzene ring substituents is 1. The summed E-state index contributed by atoms with van der Waals surface area (Å²) < 4.78 is 12.7. The summed E-state index contributed by atoms with van der Waals surface area (Å²) in [6.45, 7) is 7.56. The number of aryl methyl sites for hydroxylation is 2. The monoisotopic (exact) mass is 645 g/mol. The highest BCUT2D eigenvalue weighted by Crippen LogP contribution is 2.35. The van der Waals surface area contributed by atoms with Crippen molar-refractivity contribution in [2.75, 3.05) is 13.7 Å². The Labute approximate surface area is 267 Å². The van der Waals surface area contributed by atoms with E-state index in [1.807, 2.05) is 32.9 Å². The summed E-state index contributed by atoms with van der Waals surface area (Å²) in [4.78, 5) is 53.4. The number of fused-ring (bicyclic) bond motifs is 1. The predicted molar refractivity (Wildman–Crippen MR) is 171 cm³/mol. The van der Waals surface area contributed by atoms with Crippen LogP contribution in [0.5, 0.6) is 5.75 Å². The van der Waals surface area contributed by atoms with Crippen LogP contribution >= 0.6 is 23.1 Å². The van der Waals surface area contributed by atoms with Gasteiger partial charge in [-0.05, 0) is 80.4 Å². The molecule has 13 heteroatoms. The SMILES string of the molecule is CCCC1=C(C(=O)OCC)[C@@H](c2cccc(OC)c2)n2c(s/c(=C/c3ccc(Sc4nc(C)cc(C)n4)c([N+](=O)[O-])c3)c2=O)=N1. The number of allylic oxidation sites excluding steroid dienone is 1. The number of ether oxygens (including phenoxy) is 2. The van der Waals surface area contributed by atoms with Crippen LogP contribution in [0.15, 0.2) is 79.6 Å². The number of aromatic nitrogens is 3. The third kappa shape index (κ3) is 6.74. The van der Waals surface area contributed by atoms with Crippen molar-refractivity contribution in [2.45, 2.75) is 56.6 Å². The minimum atomic E-state index is -0.801. The smallest absolute Gasteiger partial charge is 0.338 e. The zero-order valence-corrected chi connectivity index (χ0v) is 27.0. The molecule has 1 atom stereocenters. The minimum Gasteiger partial charge on any atom is -0.497 e. The van der Waals surface area contributed by atoms with Crippen molar-refractivity contribution in [3.63, 3.8) is 0 Å². The van der Waals surface area contributed by atoms with Crippen LogP contribution < -0.4 is 19.6 Å². The number of carbonyl (C=O) groups is 1. The first kappa shape index (κ1) is 31.8. The summed E-state index contributed by atoms with van der Waals surface area (Å²) in [6.07, 6.45) is 2.84. The molecule has 0 N–H and O–H groups in total. The van der Waals surface area contributed by atoms with Crippen molar-refractivity contribution in [2.24, 2.45) is 4.99 Å². The average Bonchev–Trinajstić information content (AvgIpc) is 3.30. The molecule has 0 radical (unpaired) electrons. The average molecular weight is 646 g/mol. The van der Waals surface area contributed by atoms with Gasteiger partial charge in [0.05, 0.1) is 45.4 Å². The highest BCUT2D eigenvalue weighted by atomic mass is 32.2. The Morgan fingerprint density at radius 2 is 1.89 bits per heavy atom. The maximum absolute atomic E-state index is 14.1. The highest BCUT2D eigenvalue weighted by Gasteiger charge is 2.34. The zero-order valence-electron chi connectivity index (χ0n) is 25.4. The van der Waals surface area contributed by atoms with E-state index in [2.05, 4.69) is 9.97 Å². The topological polar surface area (TPSA) is 139 Å². The molecule has 0 spiro atoms. The number of nitrogens with zero attached hydrogens (tertiary/aromatic N) is 5. The fraction of sp³-hybridized carbons (Fsp3) is 0.281. The van der Waals surface area contributed by atoms with Gasteiger partial charge in [0.1, 0.15) is 5.75 Å². The van der Waals surface area contributed by atoms with Gasteiger partial charge in [0.15, 0.2) is 9.96 Å². The molecule has 0 bridgehead atoms. The van der Waals surface area contributed by atoms with E-state index in [-0.39, 0.29) is 17.9 Å². The molecule has 0 saturated heterocycles. The minimum absolute atomic E-state index is 0.131. The Morgan fingerprint density at radius 1 is 1.13 bits per heavy atom. The molecular formula is C32H31N5O6S2. The number of carbonyl (C=O) groups excluding carboxylic acids is 1. The first-order valence-electron chi connectivity index (χ1n) is 14.3. The first-order valence-corrected chi connectivity index (χ1v) is 15.9. The standard InChI is InChI=1S/C32H31N5O6S2/c1-6-9-23-27(30(39)43-7-2)28(21-10-8-11-22(17-21)42-5)36-29(38)26(45-32(36)35-23)16-20-12-13-25(24(15-20)37(40)41)44-31-33-18(3)14-19(4)34-31/h8,10-17,28H,6-7,9H2,1-5H3/b26-16+/t28-/m1/s1. The molecule has 0 aliphatic carbocycles. The van der Waals surface area contributed by atoms with Crippen LogP contribution in [0, 0.1) is 24.0 Å². The molecular weight excluding hydrogens is 615 g/mol. The summed E-state index contributed by atoms with van der Waals surface area (Å²) >= 11 is 2.27. The van der Waals surface area contributed by atoms with Gasteiger partial charge in [0.2, 0.25) is 0 Å². The molecule has 4 aromatic rings. The van der Waals surface area contributed by atoms with Crippen molar-refractivity contribution < 1.29 is 19.2 Å². The molecule has 0 unspecified atom stereocenters. The second kappa shape index (κ2) is 13.6. The Morgan fingerprint density at radius 3 is 2.56 bits per heavy atom. The zero-order chi connectivity index (χ0) is 32.2. The van der Waals surface area contributed by atoms with Crippen molar-refractivity contribution in [3.8, 4) is 5.75 Å². The van der Waals surface area contributed by atoms with Gasteiger partial charge in [-0.15, -0.1) is 0 Å². The van der Waals surface area contributed by atoms with Gasteiger partial charge < -0.3 is 9.47 Å². The molecule has 11 nitrogen and oxygen atoms in total. The second-order valence-electron chi connectivity index (χ2n) is 10.2. The second-order valence-corrected chi connectivity index (χ2v) is 12.2. The van der Waals surface area contributed by atoms with Gasteiger partial charge in [-0.2, -0.15) is 0 Å². The van der Waals surface area contributed by atoms with Gasteiger partial charge in [-0.3, -0.25) is 19.5 Å². The quantitative estimate of drug-likeness (QED) is 0.100. The third-order valence-corrected chi connectivity index (χ3v) is 8.86. The molecule has 2 aromatic carbocycles. The Bertz CT molecular complexity index is 2000. The van der Waals surface area contributed by atoms with E-state index in [9.17, 15) is 19.7 Å². The first-order chi connectivity index (χ1) is 21.6. The van der Waals surface area contributed by atoms with Gasteiger partial charge in [-0.25, -0.2) is 19.8 Å². The molecule has 0 saturated carbocycles. The molecule has 0 fully saturated rings. The lowest BCUT2D eigenvalue weighted by Gasteiger charge is -2.26. The molecule has 1 aliphatic rings. The molecule has 232 valence electrons. The third-order valence-electron chi connectivity index (χ3n) is 6.94. The lowest BCUT2D eigenvalue weighted by molar-refractivity contribution is -0.387. The molecule has 0 amide bonds. The van der Waals surface area contributed by atoms with E-state index in [0.717, 1.165) is 40.9 Å². The van der Waals surface area contributed by atoms with E-state index in [0.29, 0.717) is 54.0 Å². The van der Waals surface area contributed by atoms with Crippen molar-refractivity contribution >= 4 is 40.8 Å². The summed E-state index contributed by atoms with van der Waals surface area (Å²) in [5.74, 6) is 0.0340. The van der Waals surface area contributed by atoms with Crippen molar-refractivity contribution in [1.29, 1.82) is 0 Å². The van der Waals surface area contributed by atoms with Gasteiger partial charge in [-0.1, -0.05) is 42.9 Å². The fourth-order valence-corrected chi connectivity index (χ4v) is 7.06. The lowest BCUT2D eigenvalue weighted by atomic mass is 9.94. The summed E-state index contributed by atoms with van der Waals surface area (Å²) in [7, 11) is 1.55. The number of nitro groups is 1. The number of benzene rings is 2. The van der Waals surface area contributed by atoms with Crippen LogP contribution in [0.1, 0.15) is 55.2 Å². The van der Waals surface area contributed by atoms with Crippen LogP contribution in [0.4, 0.5) is 5.69 Å². The number of thiazole rings is 1. The van der Waals surface area contributed by atoms with Crippen LogP contribution in [0.3, 0.4) is 0 Å². The van der Waals surface area contributed by atoms with Crippen LogP contribution in [-0.4, -0.2) is 39.1 Å². The molecule has 3 heterocycles. The van der Waals surface area contributed by atoms with E-state index < -0.39 is 16.9 Å². The normalized spacial score (nSPS) is 14.6. The van der Waals surface area contributed by atoms with E-state index in [1.165, 1.54) is 10.6 Å². The van der Waals surface area contributed by atoms with Crippen LogP contribution in [0.25, 0.3) is 6.08 Å². The van der Waals surface area contributed by atoms with E-state index >= 15 is 0 Å². The Balaban J connectivity index is 1.65. The maximum Gasteiger partial charge on any atom is 0.338 e. The van der Waals surface area contributed by atoms with Gasteiger partial charge in [0.25, 0.3) is 11.2 Å². The molecule has 1 aliphatic heterocycles. The van der Waals surface area contributed by atoms with Gasteiger partial charge >= 0.3 is 5.97 Å². The summed E-state index contributed by atoms with van der Waals surface area (Å²) in [6, 6.07) is 13.0. The Kier molecular flexibility index (Phi) is 9.59.